The Labute approximate surface area is 196 Å². The second-order valence-electron chi connectivity index (χ2n) is 7.51. The summed E-state index contributed by atoms with van der Waals surface area (Å²) in [5.41, 5.74) is 2.89. The van der Waals surface area contributed by atoms with Crippen LogP contribution in [0.5, 0.6) is 5.75 Å². The van der Waals surface area contributed by atoms with Crippen LogP contribution in [0, 0.1) is 0 Å². The topological polar surface area (TPSA) is 61.4 Å². The number of aromatic hydroxyl groups is 1. The number of nitrogens with one attached hydrogen (secondary N) is 2. The van der Waals surface area contributed by atoms with Gasteiger partial charge in [-0.2, -0.15) is 0 Å². The minimum atomic E-state index is -0.348. The van der Waals surface area contributed by atoms with Gasteiger partial charge in [-0.05, 0) is 70.3 Å². The van der Waals surface area contributed by atoms with Crippen molar-refractivity contribution in [2.75, 3.05) is 6.54 Å². The Bertz CT molecular complexity index is 1180. The molecule has 4 rings (SSSR count). The highest BCUT2D eigenvalue weighted by molar-refractivity contribution is 6.30. The van der Waals surface area contributed by atoms with Crippen LogP contribution in [0.2, 0.25) is 10.0 Å². The lowest BCUT2D eigenvalue weighted by molar-refractivity contribution is 0.239. The number of halogens is 2. The number of benzene rings is 4. The van der Waals surface area contributed by atoms with Gasteiger partial charge < -0.3 is 15.7 Å². The Morgan fingerprint density at radius 2 is 1.47 bits per heavy atom. The second-order valence-corrected chi connectivity index (χ2v) is 8.38. The highest BCUT2D eigenvalue weighted by atomic mass is 35.5. The zero-order chi connectivity index (χ0) is 22.5. The van der Waals surface area contributed by atoms with Gasteiger partial charge >= 0.3 is 6.03 Å². The quantitative estimate of drug-likeness (QED) is 0.305. The number of hydrogen-bond acceptors (Lipinski definition) is 2. The zero-order valence-electron chi connectivity index (χ0n) is 17.2. The molecule has 6 heteroatoms. The molecule has 0 radical (unpaired) electrons. The number of fused-ring (bicyclic) bond motifs is 1. The van der Waals surface area contributed by atoms with E-state index in [1.807, 2.05) is 48.5 Å². The molecule has 0 aliphatic heterocycles. The van der Waals surface area contributed by atoms with Crippen molar-refractivity contribution in [3.63, 3.8) is 0 Å². The Hall–Kier alpha value is -3.21. The molecule has 3 N–H and O–H groups in total. The molecule has 4 nitrogen and oxygen atoms in total. The number of carbonyl (C=O) groups excluding carboxylic acids is 1. The van der Waals surface area contributed by atoms with E-state index in [4.69, 9.17) is 23.2 Å². The van der Waals surface area contributed by atoms with E-state index in [9.17, 15) is 9.90 Å². The van der Waals surface area contributed by atoms with E-state index < -0.39 is 0 Å². The van der Waals surface area contributed by atoms with Crippen LogP contribution in [0.15, 0.2) is 84.9 Å². The summed E-state index contributed by atoms with van der Waals surface area (Å²) in [5, 5.41) is 19.1. The molecular formula is C26H22Cl2N2O2. The average Bonchev–Trinajstić information content (AvgIpc) is 2.79. The first-order chi connectivity index (χ1) is 15.5. The maximum absolute atomic E-state index is 12.7. The van der Waals surface area contributed by atoms with Gasteiger partial charge in [0.15, 0.2) is 0 Å². The molecule has 0 saturated heterocycles. The Morgan fingerprint density at radius 3 is 2.09 bits per heavy atom. The van der Waals surface area contributed by atoms with E-state index >= 15 is 0 Å². The number of urea groups is 1. The molecule has 0 aliphatic carbocycles. The van der Waals surface area contributed by atoms with E-state index in [2.05, 4.69) is 10.6 Å². The average molecular weight is 465 g/mol. The minimum Gasteiger partial charge on any atom is -0.508 e. The Balaban J connectivity index is 1.45. The first kappa shape index (κ1) is 22.0. The van der Waals surface area contributed by atoms with Crippen LogP contribution < -0.4 is 10.6 Å². The number of phenolic OH excluding ortho intramolecular Hbond substituents is 1. The summed E-state index contributed by atoms with van der Waals surface area (Å²) in [6.45, 7) is 0.453. The van der Waals surface area contributed by atoms with Gasteiger partial charge in [-0.1, -0.05) is 71.7 Å². The van der Waals surface area contributed by atoms with E-state index in [0.29, 0.717) is 23.0 Å². The van der Waals surface area contributed by atoms with E-state index in [0.717, 1.165) is 27.5 Å². The SMILES string of the molecule is O=C(NCCc1cccc2ccc(O)cc12)NC(c1ccc(Cl)cc1)c1ccc(Cl)cc1. The van der Waals surface area contributed by atoms with Crippen LogP contribution in [-0.4, -0.2) is 17.7 Å². The minimum absolute atomic E-state index is 0.226. The summed E-state index contributed by atoms with van der Waals surface area (Å²) >= 11 is 12.1. The molecule has 0 atom stereocenters. The van der Waals surface area contributed by atoms with Crippen molar-refractivity contribution in [2.24, 2.45) is 0 Å². The molecule has 2 amide bonds. The lowest BCUT2D eigenvalue weighted by atomic mass is 9.99. The van der Waals surface area contributed by atoms with Gasteiger partial charge in [0.1, 0.15) is 5.75 Å². The van der Waals surface area contributed by atoms with Crippen LogP contribution in [0.4, 0.5) is 4.79 Å². The fourth-order valence-electron chi connectivity index (χ4n) is 3.71. The van der Waals surface area contributed by atoms with Crippen LogP contribution in [-0.2, 0) is 6.42 Å². The van der Waals surface area contributed by atoms with Gasteiger partial charge in [-0.15, -0.1) is 0 Å². The number of amides is 2. The molecule has 0 bridgehead atoms. The molecule has 0 unspecified atom stereocenters. The lowest BCUT2D eigenvalue weighted by Gasteiger charge is -2.20. The van der Waals surface area contributed by atoms with Crippen molar-refractivity contribution in [2.45, 2.75) is 12.5 Å². The molecular weight excluding hydrogens is 443 g/mol. The molecule has 0 aliphatic rings. The summed E-state index contributed by atoms with van der Waals surface area (Å²) in [4.78, 5) is 12.7. The van der Waals surface area contributed by atoms with Gasteiger partial charge in [0.05, 0.1) is 6.04 Å². The number of carbonyl (C=O) groups is 1. The first-order valence-corrected chi connectivity index (χ1v) is 11.0. The Morgan fingerprint density at radius 1 is 0.844 bits per heavy atom. The van der Waals surface area contributed by atoms with Crippen LogP contribution >= 0.6 is 23.2 Å². The molecule has 0 spiro atoms. The van der Waals surface area contributed by atoms with Gasteiger partial charge in [0.25, 0.3) is 0 Å². The van der Waals surface area contributed by atoms with Crippen molar-refractivity contribution < 1.29 is 9.90 Å². The van der Waals surface area contributed by atoms with Gasteiger partial charge in [0.2, 0.25) is 0 Å². The standard InChI is InChI=1S/C26H22Cl2N2O2/c27-21-9-4-19(5-10-21)25(20-6-11-22(28)12-7-20)30-26(32)29-15-14-18-3-1-2-17-8-13-23(31)16-24(17)18/h1-13,16,25,31H,14-15H2,(H2,29,30,32). The number of rotatable bonds is 6. The van der Waals surface area contributed by atoms with Crippen molar-refractivity contribution >= 4 is 40.0 Å². The predicted octanol–water partition coefficient (Wildman–Crippen LogP) is 6.48. The maximum atomic E-state index is 12.7. The molecule has 0 heterocycles. The normalized spacial score (nSPS) is 11.0. The van der Waals surface area contributed by atoms with Crippen LogP contribution in [0.3, 0.4) is 0 Å². The third-order valence-electron chi connectivity index (χ3n) is 5.32. The van der Waals surface area contributed by atoms with Gasteiger partial charge in [-0.25, -0.2) is 4.79 Å². The summed E-state index contributed by atoms with van der Waals surface area (Å²) in [7, 11) is 0. The molecule has 0 saturated carbocycles. The van der Waals surface area contributed by atoms with Gasteiger partial charge in [0, 0.05) is 16.6 Å². The molecule has 4 aromatic rings. The van der Waals surface area contributed by atoms with Crippen LogP contribution in [0.25, 0.3) is 10.8 Å². The van der Waals surface area contributed by atoms with Crippen molar-refractivity contribution in [3.8, 4) is 5.75 Å². The summed E-state index contributed by atoms with van der Waals surface area (Å²) in [6, 6.07) is 25.4. The molecule has 4 aromatic carbocycles. The summed E-state index contributed by atoms with van der Waals surface area (Å²) in [6.07, 6.45) is 0.640. The number of phenols is 1. The molecule has 0 fully saturated rings. The van der Waals surface area contributed by atoms with Crippen LogP contribution in [0.1, 0.15) is 22.7 Å². The maximum Gasteiger partial charge on any atom is 0.315 e. The smallest absolute Gasteiger partial charge is 0.315 e. The number of hydrogen-bond donors (Lipinski definition) is 3. The highest BCUT2D eigenvalue weighted by Gasteiger charge is 2.17. The van der Waals surface area contributed by atoms with E-state index in [1.165, 1.54) is 0 Å². The van der Waals surface area contributed by atoms with E-state index in [-0.39, 0.29) is 17.8 Å². The second kappa shape index (κ2) is 9.94. The fourth-order valence-corrected chi connectivity index (χ4v) is 3.96. The van der Waals surface area contributed by atoms with Gasteiger partial charge in [-0.3, -0.25) is 0 Å². The Kier molecular flexibility index (Phi) is 6.84. The van der Waals surface area contributed by atoms with Crippen molar-refractivity contribution in [1.82, 2.24) is 10.6 Å². The van der Waals surface area contributed by atoms with E-state index in [1.54, 1.807) is 36.4 Å². The lowest BCUT2D eigenvalue weighted by Crippen LogP contribution is -2.39. The molecule has 32 heavy (non-hydrogen) atoms. The van der Waals surface area contributed by atoms with Crippen molar-refractivity contribution in [1.29, 1.82) is 0 Å². The zero-order valence-corrected chi connectivity index (χ0v) is 18.7. The third kappa shape index (κ3) is 5.34. The predicted molar refractivity (Wildman–Crippen MR) is 131 cm³/mol. The highest BCUT2D eigenvalue weighted by Crippen LogP contribution is 2.26. The largest absolute Gasteiger partial charge is 0.508 e. The monoisotopic (exact) mass is 464 g/mol. The summed E-state index contributed by atoms with van der Waals surface area (Å²) < 4.78 is 0. The summed E-state index contributed by atoms with van der Waals surface area (Å²) in [5.74, 6) is 0.226. The fraction of sp³-hybridized carbons (Fsp3) is 0.115. The first-order valence-electron chi connectivity index (χ1n) is 10.3. The molecule has 0 aromatic heterocycles. The van der Waals surface area contributed by atoms with Crippen molar-refractivity contribution in [3.05, 3.63) is 112 Å². The molecule has 162 valence electrons. The third-order valence-corrected chi connectivity index (χ3v) is 5.82.